The molecule has 206 valence electrons. The Bertz CT molecular complexity index is 1590. The normalized spacial score (nSPS) is 11.8. The number of anilines is 4. The van der Waals surface area contributed by atoms with Crippen LogP contribution >= 0.6 is 0 Å². The average molecular weight is 553 g/mol. The second-order valence-electron chi connectivity index (χ2n) is 10.1. The summed E-state index contributed by atoms with van der Waals surface area (Å²) >= 11 is 0. The predicted molar refractivity (Wildman–Crippen MR) is 154 cm³/mol. The van der Waals surface area contributed by atoms with Crippen molar-refractivity contribution in [3.63, 3.8) is 0 Å². The van der Waals surface area contributed by atoms with E-state index in [1.54, 1.807) is 44.8 Å². The summed E-state index contributed by atoms with van der Waals surface area (Å²) in [5.74, 6) is -0.565. The minimum absolute atomic E-state index is 0.0879. The zero-order chi connectivity index (χ0) is 30.3. The first-order chi connectivity index (χ1) is 19.1. The lowest BCUT2D eigenvalue weighted by Crippen LogP contribution is -2.50. The van der Waals surface area contributed by atoms with Crippen molar-refractivity contribution < 1.29 is 19.0 Å². The molecule has 1 amide bonds. The molecule has 1 aromatic carbocycles. The van der Waals surface area contributed by atoms with Gasteiger partial charge in [0.05, 0.1) is 53.4 Å². The molecule has 3 heterocycles. The van der Waals surface area contributed by atoms with Crippen molar-refractivity contribution in [2.24, 2.45) is 14.1 Å². The Morgan fingerprint density at radius 1 is 0.976 bits per heavy atom. The van der Waals surface area contributed by atoms with Crippen LogP contribution in [-0.4, -0.2) is 76.7 Å². The number of aryl methyl sites for hydroxylation is 3. The Labute approximate surface area is 240 Å². The smallest absolute Gasteiger partial charge is 0.272 e. The maximum atomic E-state index is 15.0. The molecule has 0 aliphatic heterocycles. The van der Waals surface area contributed by atoms with E-state index >= 15 is 4.39 Å². The summed E-state index contributed by atoms with van der Waals surface area (Å²) < 4.78 is 23.8. The molecule has 6 radical (unpaired) electrons. The number of aromatic nitrogens is 6. The minimum Gasteiger partial charge on any atom is -0.494 e. The van der Waals surface area contributed by atoms with E-state index in [4.69, 9.17) is 28.3 Å². The number of nitrogens with zero attached hydrogens (tertiary/aromatic N) is 6. The van der Waals surface area contributed by atoms with Gasteiger partial charge in [-0.1, -0.05) is 5.24 Å². The highest BCUT2D eigenvalue weighted by molar-refractivity contribution is 6.60. The molecule has 0 unspecified atom stereocenters. The number of hydrogen-bond acceptors (Lipinski definition) is 9. The number of carbonyl (C=O) groups excluding carboxylic acids is 1. The Balaban J connectivity index is 1.81. The van der Waals surface area contributed by atoms with Crippen molar-refractivity contribution in [3.8, 4) is 17.0 Å². The summed E-state index contributed by atoms with van der Waals surface area (Å²) in [5.41, 5.74) is 0.812. The van der Waals surface area contributed by atoms with Crippen molar-refractivity contribution in [1.29, 1.82) is 0 Å². The molecule has 16 heteroatoms. The number of amides is 1. The van der Waals surface area contributed by atoms with Gasteiger partial charge in [-0.15, -0.1) is 10.2 Å². The van der Waals surface area contributed by atoms with Crippen molar-refractivity contribution in [1.82, 2.24) is 35.1 Å². The molecule has 4 aromatic rings. The van der Waals surface area contributed by atoms with Crippen molar-refractivity contribution in [3.05, 3.63) is 53.2 Å². The first-order valence-electron chi connectivity index (χ1n) is 12.3. The second kappa shape index (κ2) is 10.9. The van der Waals surface area contributed by atoms with Crippen LogP contribution in [0.4, 0.5) is 27.4 Å². The lowest BCUT2D eigenvalue weighted by molar-refractivity contribution is 0.0695. The highest BCUT2D eigenvalue weighted by atomic mass is 19.1. The first kappa shape index (κ1) is 29.7. The molecule has 0 bridgehead atoms. The highest BCUT2D eigenvalue weighted by Crippen LogP contribution is 2.40. The Morgan fingerprint density at radius 3 is 2.24 bits per heavy atom. The summed E-state index contributed by atoms with van der Waals surface area (Å²) in [6.07, 6.45) is 0. The van der Waals surface area contributed by atoms with Gasteiger partial charge in [0.1, 0.15) is 11.4 Å². The van der Waals surface area contributed by atoms with Crippen molar-refractivity contribution in [2.75, 3.05) is 17.7 Å². The van der Waals surface area contributed by atoms with E-state index in [9.17, 15) is 9.90 Å². The topological polar surface area (TPSA) is 144 Å². The first-order valence-corrected chi connectivity index (χ1v) is 12.3. The molecule has 3 aromatic heterocycles. The van der Waals surface area contributed by atoms with Crippen LogP contribution in [0.1, 0.15) is 35.7 Å². The molecule has 0 saturated carbocycles. The number of hydrogen-bond donors (Lipinski definition) is 4. The van der Waals surface area contributed by atoms with E-state index in [1.807, 2.05) is 6.92 Å². The molecule has 0 saturated heterocycles. The van der Waals surface area contributed by atoms with E-state index < -0.39 is 22.6 Å². The number of nitrogens with one attached hydrogen (secondary N) is 3. The fraction of sp³-hybridized carbons (Fsp3) is 0.320. The standard InChI is InChI=1S/C25H27B3FN9O3/c1-12-7-20(36-37(12)4)31-19-11-16(21(34-33-19)23(39)32-25(26,27)28)30-17-9-13(29)8-14(22(17)41-6)15-10-18(24(2,3)40)38(5)35-15/h7-11,40H,1-6H3,(H,32,39)(H2,30,31,33,36). The Morgan fingerprint density at radius 2 is 1.68 bits per heavy atom. The largest absolute Gasteiger partial charge is 0.494 e. The number of halogens is 1. The number of rotatable bonds is 9. The van der Waals surface area contributed by atoms with Crippen LogP contribution in [0.5, 0.6) is 5.75 Å². The molecule has 4 N–H and O–H groups in total. The van der Waals surface area contributed by atoms with Crippen LogP contribution < -0.4 is 20.7 Å². The third kappa shape index (κ3) is 6.71. The maximum Gasteiger partial charge on any atom is 0.272 e. The predicted octanol–water partition coefficient (Wildman–Crippen LogP) is 1.63. The summed E-state index contributed by atoms with van der Waals surface area (Å²) in [7, 11) is 21.5. The molecule has 0 atom stereocenters. The van der Waals surface area contributed by atoms with Crippen LogP contribution in [0, 0.1) is 12.7 Å². The summed E-state index contributed by atoms with van der Waals surface area (Å²) in [6.45, 7) is 5.11. The number of methoxy groups -OCH3 is 1. The number of ether oxygens (including phenoxy) is 1. The van der Waals surface area contributed by atoms with E-state index in [2.05, 4.69) is 36.3 Å². The molecular weight excluding hydrogens is 526 g/mol. The molecule has 0 aliphatic rings. The zero-order valence-corrected chi connectivity index (χ0v) is 23.4. The number of benzene rings is 1. The summed E-state index contributed by atoms with van der Waals surface area (Å²) in [4.78, 5) is 13.0. The van der Waals surface area contributed by atoms with E-state index in [1.165, 1.54) is 30.0 Å². The lowest BCUT2D eigenvalue weighted by atomic mass is 9.49. The van der Waals surface area contributed by atoms with Gasteiger partial charge in [-0.2, -0.15) is 10.2 Å². The zero-order valence-electron chi connectivity index (χ0n) is 23.4. The molecular formula is C25H27B3FN9O3. The number of carbonyl (C=O) groups is 1. The average Bonchev–Trinajstić information content (AvgIpc) is 3.38. The van der Waals surface area contributed by atoms with Gasteiger partial charge in [-0.05, 0) is 32.9 Å². The molecule has 4 rings (SSSR count). The Kier molecular flexibility index (Phi) is 7.90. The van der Waals surface area contributed by atoms with Crippen LogP contribution in [0.3, 0.4) is 0 Å². The Hall–Kier alpha value is -4.33. The SMILES string of the molecule is [B]C([B])([B])NC(=O)c1nnc(Nc2cc(C)n(C)n2)cc1Nc1cc(F)cc(-c2cc(C(C)(C)O)n(C)n2)c1OC. The minimum atomic E-state index is -2.04. The molecule has 0 spiro atoms. The molecule has 41 heavy (non-hydrogen) atoms. The van der Waals surface area contributed by atoms with Gasteiger partial charge in [0.2, 0.25) is 0 Å². The summed E-state index contributed by atoms with van der Waals surface area (Å²) in [5, 5.41) is 33.5. The van der Waals surface area contributed by atoms with Crippen molar-refractivity contribution >= 4 is 52.5 Å². The number of aliphatic hydroxyl groups is 1. The quantitative estimate of drug-likeness (QED) is 0.228. The van der Waals surface area contributed by atoms with Crippen LogP contribution in [0.15, 0.2) is 30.3 Å². The van der Waals surface area contributed by atoms with Crippen LogP contribution in [0.25, 0.3) is 11.3 Å². The fourth-order valence-corrected chi connectivity index (χ4v) is 4.14. The third-order valence-electron chi connectivity index (χ3n) is 6.02. The van der Waals surface area contributed by atoms with Gasteiger partial charge >= 0.3 is 0 Å². The highest BCUT2D eigenvalue weighted by Gasteiger charge is 2.26. The van der Waals surface area contributed by atoms with Gasteiger partial charge in [0, 0.05) is 43.6 Å². The van der Waals surface area contributed by atoms with E-state index in [0.717, 1.165) is 5.69 Å². The van der Waals surface area contributed by atoms with Crippen molar-refractivity contribution in [2.45, 2.75) is 31.6 Å². The van der Waals surface area contributed by atoms with E-state index in [-0.39, 0.29) is 28.6 Å². The molecule has 0 aliphatic carbocycles. The lowest BCUT2D eigenvalue weighted by Gasteiger charge is -2.23. The maximum absolute atomic E-state index is 15.0. The van der Waals surface area contributed by atoms with E-state index in [0.29, 0.717) is 22.8 Å². The van der Waals surface area contributed by atoms with Gasteiger partial charge in [-0.25, -0.2) is 4.39 Å². The van der Waals surface area contributed by atoms with Gasteiger partial charge in [-0.3, -0.25) is 14.2 Å². The molecule has 0 fully saturated rings. The van der Waals surface area contributed by atoms with Crippen LogP contribution in [0.2, 0.25) is 0 Å². The van der Waals surface area contributed by atoms with Crippen LogP contribution in [-0.2, 0) is 19.7 Å². The van der Waals surface area contributed by atoms with Gasteiger partial charge in [0.15, 0.2) is 23.1 Å². The van der Waals surface area contributed by atoms with Gasteiger partial charge < -0.3 is 25.8 Å². The molecule has 12 nitrogen and oxygen atoms in total. The fourth-order valence-electron chi connectivity index (χ4n) is 4.14. The third-order valence-corrected chi connectivity index (χ3v) is 6.02. The monoisotopic (exact) mass is 553 g/mol. The summed E-state index contributed by atoms with van der Waals surface area (Å²) in [6, 6.07) is 7.32. The van der Waals surface area contributed by atoms with Gasteiger partial charge in [0.25, 0.3) is 5.91 Å². The second-order valence-corrected chi connectivity index (χ2v) is 10.1.